The number of benzene rings is 4. The lowest BCUT2D eigenvalue weighted by Crippen LogP contribution is -2.34. The number of hydrogen-bond donors (Lipinski definition) is 4. The van der Waals surface area contributed by atoms with Crippen LogP contribution in [0.1, 0.15) is 20.7 Å². The van der Waals surface area contributed by atoms with E-state index in [0.29, 0.717) is 45.9 Å². The van der Waals surface area contributed by atoms with Gasteiger partial charge in [0.05, 0.1) is 22.3 Å². The third kappa shape index (κ3) is 8.12. The molecule has 4 aromatic rings. The zero-order valence-corrected chi connectivity index (χ0v) is 24.0. The SMILES string of the molecule is COCCOc1ccc(C(=O)NC(=S)Nc2ccccc2C(=O)Nc2ccc(Nc3ccccc3)cc2)cc1Br. The van der Waals surface area contributed by atoms with Gasteiger partial charge in [-0.05, 0) is 94.9 Å². The molecular formula is C30H27BrN4O4S. The highest BCUT2D eigenvalue weighted by molar-refractivity contribution is 9.10. The average molecular weight is 620 g/mol. The van der Waals surface area contributed by atoms with E-state index in [1.54, 1.807) is 49.6 Å². The van der Waals surface area contributed by atoms with Crippen LogP contribution in [0.2, 0.25) is 0 Å². The Hall–Kier alpha value is -4.25. The molecule has 4 aromatic carbocycles. The summed E-state index contributed by atoms with van der Waals surface area (Å²) in [5, 5.41) is 11.9. The minimum atomic E-state index is -0.409. The Balaban J connectivity index is 1.35. The van der Waals surface area contributed by atoms with E-state index in [0.717, 1.165) is 11.4 Å². The van der Waals surface area contributed by atoms with E-state index in [1.807, 2.05) is 54.6 Å². The van der Waals surface area contributed by atoms with Crippen molar-refractivity contribution in [3.8, 4) is 5.75 Å². The highest BCUT2D eigenvalue weighted by atomic mass is 79.9. The Bertz CT molecular complexity index is 1480. The molecule has 0 aliphatic carbocycles. The summed E-state index contributed by atoms with van der Waals surface area (Å²) in [5.41, 5.74) is 3.70. The van der Waals surface area contributed by atoms with E-state index < -0.39 is 5.91 Å². The number of anilines is 4. The number of amides is 2. The molecule has 0 atom stereocenters. The molecule has 0 aliphatic heterocycles. The molecule has 0 aliphatic rings. The van der Waals surface area contributed by atoms with Crippen molar-refractivity contribution in [3.63, 3.8) is 0 Å². The van der Waals surface area contributed by atoms with Crippen LogP contribution in [-0.4, -0.2) is 37.3 Å². The smallest absolute Gasteiger partial charge is 0.257 e. The molecule has 0 saturated heterocycles. The van der Waals surface area contributed by atoms with Crippen molar-refractivity contribution in [1.82, 2.24) is 5.32 Å². The summed E-state index contributed by atoms with van der Waals surface area (Å²) in [6.07, 6.45) is 0. The monoisotopic (exact) mass is 618 g/mol. The van der Waals surface area contributed by atoms with Crippen LogP contribution in [0.5, 0.6) is 5.75 Å². The van der Waals surface area contributed by atoms with Crippen molar-refractivity contribution >= 4 is 67.8 Å². The largest absolute Gasteiger partial charge is 0.490 e. The molecule has 4 rings (SSSR count). The van der Waals surface area contributed by atoms with E-state index in [9.17, 15) is 9.59 Å². The van der Waals surface area contributed by atoms with Crippen LogP contribution >= 0.6 is 28.1 Å². The van der Waals surface area contributed by atoms with Gasteiger partial charge in [0, 0.05) is 29.7 Å². The first-order chi connectivity index (χ1) is 19.4. The van der Waals surface area contributed by atoms with Crippen molar-refractivity contribution in [2.75, 3.05) is 36.3 Å². The standard InChI is InChI=1S/C30H27BrN4O4S/c1-38-17-18-39-27-16-11-20(19-25(27)31)28(36)35-30(40)34-26-10-6-5-9-24(26)29(37)33-23-14-12-22(13-15-23)32-21-7-3-2-4-8-21/h2-16,19,32H,17-18H2,1H3,(H,33,37)(H2,34,35,36,40). The molecule has 204 valence electrons. The number of rotatable bonds is 10. The van der Waals surface area contributed by atoms with E-state index in [1.165, 1.54) is 0 Å². The summed E-state index contributed by atoms with van der Waals surface area (Å²) < 4.78 is 11.2. The summed E-state index contributed by atoms with van der Waals surface area (Å²) >= 11 is 8.77. The van der Waals surface area contributed by atoms with Gasteiger partial charge in [-0.3, -0.25) is 14.9 Å². The Labute approximate surface area is 246 Å². The van der Waals surface area contributed by atoms with Crippen molar-refractivity contribution in [3.05, 3.63) is 113 Å². The lowest BCUT2D eigenvalue weighted by atomic mass is 10.1. The van der Waals surface area contributed by atoms with Gasteiger partial charge in [-0.15, -0.1) is 0 Å². The Morgan fingerprint density at radius 3 is 2.17 bits per heavy atom. The van der Waals surface area contributed by atoms with Gasteiger partial charge in [-0.2, -0.15) is 0 Å². The number of thiocarbonyl (C=S) groups is 1. The molecule has 0 aromatic heterocycles. The Morgan fingerprint density at radius 1 is 0.775 bits per heavy atom. The van der Waals surface area contributed by atoms with Crippen molar-refractivity contribution in [2.45, 2.75) is 0 Å². The first-order valence-electron chi connectivity index (χ1n) is 12.3. The van der Waals surface area contributed by atoms with Gasteiger partial charge in [0.25, 0.3) is 11.8 Å². The van der Waals surface area contributed by atoms with Gasteiger partial charge in [0.2, 0.25) is 0 Å². The predicted octanol–water partition coefficient (Wildman–Crippen LogP) is 6.60. The number of hydrogen-bond acceptors (Lipinski definition) is 6. The van der Waals surface area contributed by atoms with Crippen LogP contribution < -0.4 is 26.0 Å². The number of para-hydroxylation sites is 2. The molecule has 0 unspecified atom stereocenters. The molecule has 0 heterocycles. The minimum Gasteiger partial charge on any atom is -0.490 e. The number of methoxy groups -OCH3 is 1. The quantitative estimate of drug-likeness (QED) is 0.117. The zero-order valence-electron chi connectivity index (χ0n) is 21.6. The van der Waals surface area contributed by atoms with Gasteiger partial charge >= 0.3 is 0 Å². The van der Waals surface area contributed by atoms with Crippen LogP contribution in [0.15, 0.2) is 102 Å². The number of nitrogens with one attached hydrogen (secondary N) is 4. The van der Waals surface area contributed by atoms with E-state index in [2.05, 4.69) is 37.2 Å². The lowest BCUT2D eigenvalue weighted by molar-refractivity contribution is 0.0976. The maximum absolute atomic E-state index is 13.1. The molecule has 4 N–H and O–H groups in total. The Morgan fingerprint density at radius 2 is 1.45 bits per heavy atom. The molecule has 0 radical (unpaired) electrons. The number of ether oxygens (including phenoxy) is 2. The lowest BCUT2D eigenvalue weighted by Gasteiger charge is -2.14. The molecule has 0 spiro atoms. The van der Waals surface area contributed by atoms with Gasteiger partial charge < -0.3 is 25.4 Å². The fraction of sp³-hybridized carbons (Fsp3) is 0.100. The topological polar surface area (TPSA) is 101 Å². The molecule has 2 amide bonds. The Kier molecular flexibility index (Phi) is 10.2. The third-order valence-corrected chi connectivity index (χ3v) is 6.42. The van der Waals surface area contributed by atoms with Gasteiger partial charge in [0.15, 0.2) is 5.11 Å². The van der Waals surface area contributed by atoms with Crippen LogP contribution in [0.25, 0.3) is 0 Å². The summed E-state index contributed by atoms with van der Waals surface area (Å²) in [6.45, 7) is 0.838. The zero-order chi connectivity index (χ0) is 28.3. The van der Waals surface area contributed by atoms with E-state index in [4.69, 9.17) is 21.7 Å². The molecule has 0 fully saturated rings. The summed E-state index contributed by atoms with van der Waals surface area (Å²) in [4.78, 5) is 25.8. The van der Waals surface area contributed by atoms with Gasteiger partial charge in [-0.1, -0.05) is 30.3 Å². The molecule has 10 heteroatoms. The summed E-state index contributed by atoms with van der Waals surface area (Å²) in [5.74, 6) is -0.141. The minimum absolute atomic E-state index is 0.0538. The van der Waals surface area contributed by atoms with Crippen molar-refractivity contribution in [2.24, 2.45) is 0 Å². The average Bonchev–Trinajstić information content (AvgIpc) is 2.95. The fourth-order valence-electron chi connectivity index (χ4n) is 3.64. The van der Waals surface area contributed by atoms with E-state index >= 15 is 0 Å². The molecule has 0 bridgehead atoms. The predicted molar refractivity (Wildman–Crippen MR) is 166 cm³/mol. The van der Waals surface area contributed by atoms with Gasteiger partial charge in [0.1, 0.15) is 12.4 Å². The number of carbonyl (C=O) groups excluding carboxylic acids is 2. The van der Waals surface area contributed by atoms with E-state index in [-0.39, 0.29) is 11.0 Å². The van der Waals surface area contributed by atoms with Crippen molar-refractivity contribution in [1.29, 1.82) is 0 Å². The van der Waals surface area contributed by atoms with Crippen LogP contribution in [-0.2, 0) is 4.74 Å². The maximum atomic E-state index is 13.1. The summed E-state index contributed by atoms with van der Waals surface area (Å²) in [7, 11) is 1.59. The van der Waals surface area contributed by atoms with Crippen LogP contribution in [0.3, 0.4) is 0 Å². The van der Waals surface area contributed by atoms with Crippen molar-refractivity contribution < 1.29 is 19.1 Å². The molecule has 0 saturated carbocycles. The second-order valence-electron chi connectivity index (χ2n) is 8.46. The first kappa shape index (κ1) is 28.8. The fourth-order valence-corrected chi connectivity index (χ4v) is 4.33. The molecule has 40 heavy (non-hydrogen) atoms. The highest BCUT2D eigenvalue weighted by Crippen LogP contribution is 2.26. The third-order valence-electron chi connectivity index (χ3n) is 5.59. The second-order valence-corrected chi connectivity index (χ2v) is 9.73. The molecule has 8 nitrogen and oxygen atoms in total. The second kappa shape index (κ2) is 14.2. The van der Waals surface area contributed by atoms with Crippen LogP contribution in [0.4, 0.5) is 22.7 Å². The molecular weight excluding hydrogens is 592 g/mol. The number of halogens is 1. The van der Waals surface area contributed by atoms with Crippen LogP contribution in [0, 0.1) is 0 Å². The summed E-state index contributed by atoms with van der Waals surface area (Å²) in [6, 6.07) is 29.1. The van der Waals surface area contributed by atoms with Gasteiger partial charge in [-0.25, -0.2) is 0 Å². The highest BCUT2D eigenvalue weighted by Gasteiger charge is 2.15. The number of carbonyl (C=O) groups is 2. The normalized spacial score (nSPS) is 10.3. The first-order valence-corrected chi connectivity index (χ1v) is 13.5. The maximum Gasteiger partial charge on any atom is 0.257 e.